The van der Waals surface area contributed by atoms with Crippen molar-refractivity contribution >= 4 is 75.7 Å². The van der Waals surface area contributed by atoms with E-state index in [1.54, 1.807) is 0 Å². The lowest BCUT2D eigenvalue weighted by molar-refractivity contribution is 0.0199. The maximum absolute atomic E-state index is 14.2. The van der Waals surface area contributed by atoms with Gasteiger partial charge in [-0.15, -0.1) is 0 Å². The molecule has 0 heterocycles. The van der Waals surface area contributed by atoms with Crippen LogP contribution in [0.25, 0.3) is 0 Å². The molecule has 2 atom stereocenters. The van der Waals surface area contributed by atoms with Gasteiger partial charge in [-0.3, -0.25) is 0 Å². The molecule has 0 N–H and O–H groups in total. The van der Waals surface area contributed by atoms with E-state index >= 15 is 0 Å². The van der Waals surface area contributed by atoms with E-state index < -0.39 is 11.9 Å². The first-order chi connectivity index (χ1) is 25.2. The Labute approximate surface area is 353 Å². The van der Waals surface area contributed by atoms with Crippen LogP contribution >= 0.6 is 63.7 Å². The fourth-order valence-corrected chi connectivity index (χ4v) is 9.36. The van der Waals surface area contributed by atoms with E-state index in [1.165, 1.54) is 116 Å². The number of rotatable bonds is 34. The monoisotopic (exact) mass is 982 g/mol. The molecule has 0 aromatic heterocycles. The summed E-state index contributed by atoms with van der Waals surface area (Å²) in [5.41, 5.74) is 0.461. The van der Waals surface area contributed by atoms with Crippen molar-refractivity contribution in [1.82, 2.24) is 0 Å². The maximum atomic E-state index is 14.2. The Hall–Kier alpha value is 0.0800. The van der Waals surface area contributed by atoms with Crippen LogP contribution in [0.3, 0.4) is 0 Å². The second-order valence-corrected chi connectivity index (χ2v) is 18.2. The van der Waals surface area contributed by atoms with Gasteiger partial charge in [-0.05, 0) is 115 Å². The van der Waals surface area contributed by atoms with Gasteiger partial charge in [0.15, 0.2) is 0 Å². The van der Waals surface area contributed by atoms with E-state index in [1.807, 2.05) is 0 Å². The molecular formula is C44H74Br4O4. The van der Waals surface area contributed by atoms with Crippen LogP contribution in [0.5, 0.6) is 0 Å². The van der Waals surface area contributed by atoms with Gasteiger partial charge in [-0.1, -0.05) is 169 Å². The standard InChI is InChI=1S/C44H74Br4O4/c1-5-9-13-17-21-25-29-33-35(31-27-23-19-15-11-7-3)51-43(49)37-38(40(46)42(48)41(47)39(37)45)44(50)52-36(32-28-24-20-16-12-8-4)34-30-26-22-18-14-10-6-2/h35-36H,5-34H2,1-4H3. The Morgan fingerprint density at radius 3 is 0.808 bits per heavy atom. The number of unbranched alkanes of at least 4 members (excludes halogenated alkanes) is 22. The summed E-state index contributed by atoms with van der Waals surface area (Å²) in [6, 6.07) is 0. The fourth-order valence-electron chi connectivity index (χ4n) is 6.92. The van der Waals surface area contributed by atoms with E-state index in [4.69, 9.17) is 9.47 Å². The van der Waals surface area contributed by atoms with Gasteiger partial charge in [-0.25, -0.2) is 9.59 Å². The van der Waals surface area contributed by atoms with Gasteiger partial charge < -0.3 is 9.47 Å². The number of carbonyl (C=O) groups excluding carboxylic acids is 2. The van der Waals surface area contributed by atoms with Gasteiger partial charge in [0.1, 0.15) is 12.2 Å². The van der Waals surface area contributed by atoms with Crippen LogP contribution in [-0.2, 0) is 9.47 Å². The summed E-state index contributed by atoms with van der Waals surface area (Å²) >= 11 is 14.6. The first-order valence-corrected chi connectivity index (χ1v) is 24.7. The lowest BCUT2D eigenvalue weighted by Gasteiger charge is -2.23. The van der Waals surface area contributed by atoms with Crippen molar-refractivity contribution in [2.45, 2.75) is 233 Å². The molecule has 52 heavy (non-hydrogen) atoms. The summed E-state index contributed by atoms with van der Waals surface area (Å²) in [6.07, 6.45) is 34.5. The maximum Gasteiger partial charge on any atom is 0.340 e. The highest BCUT2D eigenvalue weighted by Crippen LogP contribution is 2.43. The average Bonchev–Trinajstić information content (AvgIpc) is 3.13. The quantitative estimate of drug-likeness (QED) is 0.0299. The van der Waals surface area contributed by atoms with Crippen LogP contribution in [0, 0.1) is 0 Å². The van der Waals surface area contributed by atoms with Crippen molar-refractivity contribution in [3.63, 3.8) is 0 Å². The lowest BCUT2D eigenvalue weighted by Crippen LogP contribution is -2.24. The number of hydrogen-bond donors (Lipinski definition) is 0. The number of carbonyl (C=O) groups is 2. The molecular weight excluding hydrogens is 912 g/mol. The number of benzene rings is 1. The van der Waals surface area contributed by atoms with Crippen LogP contribution in [-0.4, -0.2) is 24.1 Å². The predicted molar refractivity (Wildman–Crippen MR) is 237 cm³/mol. The third kappa shape index (κ3) is 22.0. The van der Waals surface area contributed by atoms with Gasteiger partial charge in [-0.2, -0.15) is 0 Å². The summed E-state index contributed by atoms with van der Waals surface area (Å²) in [5, 5.41) is 0. The Balaban J connectivity index is 3.17. The molecule has 2 unspecified atom stereocenters. The normalized spacial score (nSPS) is 12.6. The minimum absolute atomic E-state index is 0.177. The van der Waals surface area contributed by atoms with Gasteiger partial charge >= 0.3 is 11.9 Å². The van der Waals surface area contributed by atoms with E-state index in [-0.39, 0.29) is 23.3 Å². The highest BCUT2D eigenvalue weighted by Gasteiger charge is 2.32. The zero-order valence-electron chi connectivity index (χ0n) is 33.5. The van der Waals surface area contributed by atoms with E-state index in [9.17, 15) is 9.59 Å². The summed E-state index contributed by atoms with van der Waals surface area (Å²) in [4.78, 5) is 28.4. The predicted octanol–water partition coefficient (Wildman–Crippen LogP) is 17.6. The summed E-state index contributed by atoms with van der Waals surface area (Å²) < 4.78 is 15.0. The molecule has 0 aliphatic heterocycles. The van der Waals surface area contributed by atoms with Crippen LogP contribution in [0.4, 0.5) is 0 Å². The highest BCUT2D eigenvalue weighted by atomic mass is 79.9. The molecule has 0 saturated heterocycles. The van der Waals surface area contributed by atoms with Crippen LogP contribution < -0.4 is 0 Å². The number of ether oxygens (including phenoxy) is 2. The molecule has 0 spiro atoms. The van der Waals surface area contributed by atoms with Gasteiger partial charge in [0.2, 0.25) is 0 Å². The summed E-state index contributed by atoms with van der Waals surface area (Å²) in [6.45, 7) is 8.98. The first kappa shape index (κ1) is 50.1. The molecule has 4 nitrogen and oxygen atoms in total. The largest absolute Gasteiger partial charge is 0.459 e. The molecule has 0 fully saturated rings. The van der Waals surface area contributed by atoms with Crippen molar-refractivity contribution in [3.8, 4) is 0 Å². The van der Waals surface area contributed by atoms with Crippen molar-refractivity contribution in [2.75, 3.05) is 0 Å². The van der Waals surface area contributed by atoms with Crippen molar-refractivity contribution in [2.24, 2.45) is 0 Å². The summed E-state index contributed by atoms with van der Waals surface area (Å²) in [7, 11) is 0. The lowest BCUT2D eigenvalue weighted by atomic mass is 10.0. The van der Waals surface area contributed by atoms with Crippen molar-refractivity contribution < 1.29 is 19.1 Å². The number of halogens is 4. The van der Waals surface area contributed by atoms with Crippen LogP contribution in [0.2, 0.25) is 0 Å². The number of hydrogen-bond acceptors (Lipinski definition) is 4. The first-order valence-electron chi connectivity index (χ1n) is 21.5. The Bertz CT molecular complexity index is 996. The Morgan fingerprint density at radius 2 is 0.577 bits per heavy atom. The fraction of sp³-hybridized carbons (Fsp3) is 0.818. The molecule has 0 aliphatic rings. The molecule has 1 rings (SSSR count). The van der Waals surface area contributed by atoms with E-state index in [0.29, 0.717) is 17.9 Å². The van der Waals surface area contributed by atoms with Gasteiger partial charge in [0.05, 0.1) is 11.1 Å². The zero-order valence-corrected chi connectivity index (χ0v) is 39.9. The Kier molecular flexibility index (Phi) is 32.0. The van der Waals surface area contributed by atoms with Crippen LogP contribution in [0.1, 0.15) is 241 Å². The third-order valence-electron chi connectivity index (χ3n) is 10.2. The summed E-state index contributed by atoms with van der Waals surface area (Å²) in [5.74, 6) is -0.933. The third-order valence-corrected chi connectivity index (χ3v) is 15.0. The average molecular weight is 987 g/mol. The number of esters is 2. The smallest absolute Gasteiger partial charge is 0.340 e. The Morgan fingerprint density at radius 1 is 0.365 bits per heavy atom. The SMILES string of the molecule is CCCCCCCCCC(CCCCCCCC)OC(=O)c1c(Br)c(Br)c(Br)c(Br)c1C(=O)OC(CCCCCCCC)CCCCCCCCC. The zero-order chi connectivity index (χ0) is 38.4. The minimum atomic E-state index is -0.466. The molecule has 0 saturated carbocycles. The molecule has 0 radical (unpaired) electrons. The highest BCUT2D eigenvalue weighted by molar-refractivity contribution is 9.15. The minimum Gasteiger partial charge on any atom is -0.459 e. The van der Waals surface area contributed by atoms with Crippen molar-refractivity contribution in [3.05, 3.63) is 29.0 Å². The van der Waals surface area contributed by atoms with E-state index in [2.05, 4.69) is 91.4 Å². The molecule has 0 aliphatic carbocycles. The second kappa shape index (κ2) is 33.2. The molecule has 1 aromatic rings. The van der Waals surface area contributed by atoms with Gasteiger partial charge in [0, 0.05) is 17.9 Å². The van der Waals surface area contributed by atoms with Crippen molar-refractivity contribution in [1.29, 1.82) is 0 Å². The molecule has 0 amide bonds. The van der Waals surface area contributed by atoms with Gasteiger partial charge in [0.25, 0.3) is 0 Å². The van der Waals surface area contributed by atoms with Crippen LogP contribution in [0.15, 0.2) is 17.9 Å². The second-order valence-electron chi connectivity index (χ2n) is 15.0. The molecule has 0 bridgehead atoms. The molecule has 8 heteroatoms. The molecule has 302 valence electrons. The molecule has 1 aromatic carbocycles. The topological polar surface area (TPSA) is 52.6 Å². The van der Waals surface area contributed by atoms with E-state index in [0.717, 1.165) is 77.0 Å².